The monoisotopic (exact) mass is 425 g/mol. The predicted molar refractivity (Wildman–Crippen MR) is 114 cm³/mol. The molecule has 148 valence electrons. The van der Waals surface area contributed by atoms with Crippen LogP contribution >= 0.6 is 11.8 Å². The fourth-order valence-electron chi connectivity index (χ4n) is 2.85. The largest absolute Gasteiger partial charge is 0.242 e. The smallest absolute Gasteiger partial charge is 0.229 e. The molecule has 0 aliphatic carbocycles. The van der Waals surface area contributed by atoms with Crippen LogP contribution in [-0.4, -0.2) is 46.6 Å². The molecule has 0 amide bonds. The molecule has 0 aliphatic rings. The van der Waals surface area contributed by atoms with E-state index in [1.807, 2.05) is 36.4 Å². The molecule has 0 fully saturated rings. The molecule has 4 aromatic rings. The molecule has 0 radical (unpaired) electrons. The summed E-state index contributed by atoms with van der Waals surface area (Å²) in [5.74, 6) is 0.583. The van der Waals surface area contributed by atoms with Gasteiger partial charge in [-0.2, -0.15) is 5.10 Å². The van der Waals surface area contributed by atoms with E-state index in [-0.39, 0.29) is 4.90 Å². The fourth-order valence-corrected chi connectivity index (χ4v) is 4.73. The summed E-state index contributed by atoms with van der Waals surface area (Å²) in [6, 6.07) is 16.8. The first kappa shape index (κ1) is 19.6. The van der Waals surface area contributed by atoms with Crippen molar-refractivity contribution in [1.82, 2.24) is 24.1 Å². The molecule has 0 spiro atoms. The average Bonchev–Trinajstić information content (AvgIpc) is 3.18. The summed E-state index contributed by atoms with van der Waals surface area (Å²) in [5, 5.41) is 6.13. The van der Waals surface area contributed by atoms with E-state index in [9.17, 15) is 8.42 Å². The zero-order valence-electron chi connectivity index (χ0n) is 15.9. The molecule has 0 N–H and O–H groups in total. The van der Waals surface area contributed by atoms with Crippen LogP contribution in [0.3, 0.4) is 0 Å². The van der Waals surface area contributed by atoms with Gasteiger partial charge in [-0.25, -0.2) is 27.4 Å². The number of benzene rings is 2. The van der Waals surface area contributed by atoms with Crippen molar-refractivity contribution in [2.24, 2.45) is 0 Å². The Morgan fingerprint density at radius 2 is 1.83 bits per heavy atom. The van der Waals surface area contributed by atoms with Crippen molar-refractivity contribution < 1.29 is 8.42 Å². The van der Waals surface area contributed by atoms with Crippen LogP contribution in [0.5, 0.6) is 0 Å². The summed E-state index contributed by atoms with van der Waals surface area (Å²) in [7, 11) is -0.406. The van der Waals surface area contributed by atoms with Gasteiger partial charge in [0.25, 0.3) is 0 Å². The summed E-state index contributed by atoms with van der Waals surface area (Å²) in [6.45, 7) is 0. The van der Waals surface area contributed by atoms with Gasteiger partial charge in [-0.15, -0.1) is 11.8 Å². The molecule has 9 heteroatoms. The Morgan fingerprint density at radius 1 is 1.03 bits per heavy atom. The van der Waals surface area contributed by atoms with Crippen LogP contribution in [-0.2, 0) is 15.8 Å². The summed E-state index contributed by atoms with van der Waals surface area (Å²) >= 11 is 1.53. The molecule has 0 bridgehead atoms. The molecule has 7 nitrogen and oxygen atoms in total. The Hall–Kier alpha value is -2.75. The van der Waals surface area contributed by atoms with Crippen LogP contribution in [0.25, 0.3) is 16.7 Å². The van der Waals surface area contributed by atoms with Crippen molar-refractivity contribution in [3.05, 3.63) is 72.7 Å². The number of fused-ring (bicyclic) bond motifs is 1. The van der Waals surface area contributed by atoms with E-state index in [1.54, 1.807) is 29.1 Å². The number of nitrogens with zero attached hydrogens (tertiary/aromatic N) is 5. The third-order valence-electron chi connectivity index (χ3n) is 4.38. The van der Waals surface area contributed by atoms with E-state index < -0.39 is 10.0 Å². The number of aromatic nitrogens is 4. The molecule has 2 aromatic carbocycles. The fraction of sp³-hybridized carbons (Fsp3) is 0.150. The van der Waals surface area contributed by atoms with Crippen molar-refractivity contribution >= 4 is 32.8 Å². The van der Waals surface area contributed by atoms with Crippen molar-refractivity contribution in [3.63, 3.8) is 0 Å². The second kappa shape index (κ2) is 7.94. The number of rotatable bonds is 6. The second-order valence-electron chi connectivity index (χ2n) is 6.53. The van der Waals surface area contributed by atoms with Crippen molar-refractivity contribution in [1.29, 1.82) is 0 Å². The van der Waals surface area contributed by atoms with Crippen LogP contribution in [0.15, 0.2) is 77.0 Å². The second-order valence-corrected chi connectivity index (χ2v) is 9.65. The first-order valence-electron chi connectivity index (χ1n) is 8.85. The van der Waals surface area contributed by atoms with Crippen LogP contribution < -0.4 is 0 Å². The van der Waals surface area contributed by atoms with E-state index in [4.69, 9.17) is 0 Å². The third kappa shape index (κ3) is 3.89. The Kier molecular flexibility index (Phi) is 5.35. The third-order valence-corrected chi connectivity index (χ3v) is 7.27. The summed E-state index contributed by atoms with van der Waals surface area (Å²) in [4.78, 5) is 9.07. The van der Waals surface area contributed by atoms with Gasteiger partial charge in [-0.1, -0.05) is 30.3 Å². The SMILES string of the molecule is CN(C)S(=O)(=O)c1cccc(CSc2ncnc3c2cnn3-c2ccccc2)c1. The van der Waals surface area contributed by atoms with Crippen molar-refractivity contribution in [3.8, 4) is 5.69 Å². The zero-order valence-corrected chi connectivity index (χ0v) is 17.6. The molecule has 0 atom stereocenters. The molecule has 0 saturated heterocycles. The molecule has 29 heavy (non-hydrogen) atoms. The maximum atomic E-state index is 12.4. The minimum atomic E-state index is -3.46. The van der Waals surface area contributed by atoms with Crippen LogP contribution in [0.1, 0.15) is 5.56 Å². The first-order valence-corrected chi connectivity index (χ1v) is 11.3. The highest BCUT2D eigenvalue weighted by molar-refractivity contribution is 7.98. The van der Waals surface area contributed by atoms with Gasteiger partial charge in [-0.3, -0.25) is 0 Å². The number of hydrogen-bond acceptors (Lipinski definition) is 6. The molecular formula is C20H19N5O2S2. The topological polar surface area (TPSA) is 81.0 Å². The number of para-hydroxylation sites is 1. The summed E-state index contributed by atoms with van der Waals surface area (Å²) in [6.07, 6.45) is 3.29. The maximum Gasteiger partial charge on any atom is 0.242 e. The molecule has 2 heterocycles. The van der Waals surface area contributed by atoms with Gasteiger partial charge in [-0.05, 0) is 29.8 Å². The summed E-state index contributed by atoms with van der Waals surface area (Å²) in [5.41, 5.74) is 2.57. The Morgan fingerprint density at radius 3 is 2.59 bits per heavy atom. The minimum Gasteiger partial charge on any atom is -0.229 e. The van der Waals surface area contributed by atoms with Gasteiger partial charge in [0.15, 0.2) is 5.65 Å². The minimum absolute atomic E-state index is 0.283. The molecule has 0 aliphatic heterocycles. The summed E-state index contributed by atoms with van der Waals surface area (Å²) < 4.78 is 27.7. The van der Waals surface area contributed by atoms with E-state index in [0.29, 0.717) is 5.75 Å². The average molecular weight is 426 g/mol. The molecular weight excluding hydrogens is 406 g/mol. The number of hydrogen-bond donors (Lipinski definition) is 0. The molecule has 2 aromatic heterocycles. The van der Waals surface area contributed by atoms with Crippen molar-refractivity contribution in [2.75, 3.05) is 14.1 Å². The van der Waals surface area contributed by atoms with Crippen LogP contribution in [0.4, 0.5) is 0 Å². The Labute approximate surface area is 173 Å². The van der Waals surface area contributed by atoms with E-state index in [2.05, 4.69) is 15.1 Å². The first-order chi connectivity index (χ1) is 14.0. The number of thioether (sulfide) groups is 1. The van der Waals surface area contributed by atoms with Crippen LogP contribution in [0.2, 0.25) is 0 Å². The van der Waals surface area contributed by atoms with Gasteiger partial charge >= 0.3 is 0 Å². The molecule has 0 saturated carbocycles. The van der Waals surface area contributed by atoms with Gasteiger partial charge in [0.05, 0.1) is 22.2 Å². The van der Waals surface area contributed by atoms with E-state index >= 15 is 0 Å². The lowest BCUT2D eigenvalue weighted by atomic mass is 10.2. The number of sulfonamides is 1. The lowest BCUT2D eigenvalue weighted by Gasteiger charge is -2.12. The quantitative estimate of drug-likeness (QED) is 0.348. The molecule has 4 rings (SSSR count). The van der Waals surface area contributed by atoms with Crippen molar-refractivity contribution in [2.45, 2.75) is 15.7 Å². The van der Waals surface area contributed by atoms with Gasteiger partial charge < -0.3 is 0 Å². The van der Waals surface area contributed by atoms with Gasteiger partial charge in [0.2, 0.25) is 10.0 Å². The highest BCUT2D eigenvalue weighted by Gasteiger charge is 2.17. The Bertz CT molecular complexity index is 1250. The zero-order chi connectivity index (χ0) is 20.4. The molecule has 0 unspecified atom stereocenters. The van der Waals surface area contributed by atoms with Crippen LogP contribution in [0, 0.1) is 0 Å². The van der Waals surface area contributed by atoms with Gasteiger partial charge in [0, 0.05) is 19.8 Å². The lowest BCUT2D eigenvalue weighted by molar-refractivity contribution is 0.520. The standard InChI is InChI=1S/C20H19N5O2S2/c1-24(2)29(26,27)17-10-6-7-15(11-17)13-28-20-18-12-23-25(19(18)21-14-22-20)16-8-4-3-5-9-16/h3-12,14H,13H2,1-2H3. The predicted octanol–water partition coefficient (Wildman–Crippen LogP) is 3.36. The maximum absolute atomic E-state index is 12.4. The highest BCUT2D eigenvalue weighted by Crippen LogP contribution is 2.29. The van der Waals surface area contributed by atoms with Gasteiger partial charge in [0.1, 0.15) is 11.4 Å². The highest BCUT2D eigenvalue weighted by atomic mass is 32.2. The van der Waals surface area contributed by atoms with E-state index in [0.717, 1.165) is 27.3 Å². The lowest BCUT2D eigenvalue weighted by Crippen LogP contribution is -2.22. The van der Waals surface area contributed by atoms with E-state index in [1.165, 1.54) is 36.5 Å². The Balaban J connectivity index is 1.61. The normalized spacial score (nSPS) is 12.0.